The largest absolute Gasteiger partial charge is 0.328 e. The molecular weight excluding hydrogens is 178 g/mol. The summed E-state index contributed by atoms with van der Waals surface area (Å²) in [6, 6.07) is 2.33. The number of rotatable bonds is 2. The average Bonchev–Trinajstić information content (AvgIpc) is 2.10. The van der Waals surface area contributed by atoms with Crippen molar-refractivity contribution >= 4 is 22.9 Å². The molecule has 0 aliphatic carbocycles. The highest BCUT2D eigenvalue weighted by Crippen LogP contribution is 2.27. The molecule has 11 heavy (non-hydrogen) atoms. The van der Waals surface area contributed by atoms with E-state index in [1.54, 1.807) is 11.3 Å². The van der Waals surface area contributed by atoms with Crippen LogP contribution >= 0.6 is 22.9 Å². The third-order valence-electron chi connectivity index (χ3n) is 1.43. The first-order valence-corrected chi connectivity index (χ1v) is 4.79. The minimum atomic E-state index is 0.226. The summed E-state index contributed by atoms with van der Waals surface area (Å²) in [7, 11) is 0. The van der Waals surface area contributed by atoms with Crippen LogP contribution in [0.1, 0.15) is 17.4 Å². The molecule has 1 aromatic rings. The lowest BCUT2D eigenvalue weighted by atomic mass is 10.2. The summed E-state index contributed by atoms with van der Waals surface area (Å²) in [5.74, 6) is 0. The summed E-state index contributed by atoms with van der Waals surface area (Å²) in [6.45, 7) is 4.02. The van der Waals surface area contributed by atoms with Gasteiger partial charge in [-0.1, -0.05) is 11.6 Å². The van der Waals surface area contributed by atoms with Crippen molar-refractivity contribution in [1.82, 2.24) is 0 Å². The molecule has 0 spiro atoms. The van der Waals surface area contributed by atoms with Crippen molar-refractivity contribution in [3.63, 3.8) is 0 Å². The average molecular weight is 190 g/mol. The van der Waals surface area contributed by atoms with Crippen LogP contribution in [0.15, 0.2) is 6.07 Å². The van der Waals surface area contributed by atoms with Gasteiger partial charge in [-0.3, -0.25) is 0 Å². The van der Waals surface area contributed by atoms with Crippen molar-refractivity contribution in [2.24, 2.45) is 5.73 Å². The number of halogens is 1. The number of nitrogens with two attached hydrogens (primary N) is 1. The predicted molar refractivity (Wildman–Crippen MR) is 51.4 cm³/mol. The first-order valence-electron chi connectivity index (χ1n) is 3.60. The zero-order valence-corrected chi connectivity index (χ0v) is 8.30. The molecule has 0 saturated carbocycles. The molecule has 0 aromatic carbocycles. The van der Waals surface area contributed by atoms with E-state index in [1.165, 1.54) is 4.88 Å². The van der Waals surface area contributed by atoms with Gasteiger partial charge in [-0.05, 0) is 31.9 Å². The fourth-order valence-corrected chi connectivity index (χ4v) is 2.33. The Bertz CT molecular complexity index is 223. The highest BCUT2D eigenvalue weighted by Gasteiger charge is 2.04. The third-order valence-corrected chi connectivity index (χ3v) is 3.01. The Kier molecular flexibility index (Phi) is 2.93. The molecule has 0 bridgehead atoms. The standard InChI is InChI=1S/C8H12ClNS/c1-5-3-7(4-6(2)10)11-8(5)9/h3,6H,4,10H2,1-2H3/t6-/m1/s1. The molecule has 0 saturated heterocycles. The van der Waals surface area contributed by atoms with Gasteiger partial charge >= 0.3 is 0 Å². The number of aryl methyl sites for hydroxylation is 1. The smallest absolute Gasteiger partial charge is 0.0960 e. The van der Waals surface area contributed by atoms with Crippen molar-refractivity contribution in [3.05, 3.63) is 20.8 Å². The topological polar surface area (TPSA) is 26.0 Å². The van der Waals surface area contributed by atoms with Gasteiger partial charge in [0.05, 0.1) is 4.34 Å². The summed E-state index contributed by atoms with van der Waals surface area (Å²) in [5.41, 5.74) is 6.81. The van der Waals surface area contributed by atoms with E-state index in [0.29, 0.717) is 0 Å². The van der Waals surface area contributed by atoms with E-state index in [9.17, 15) is 0 Å². The Labute approximate surface area is 76.2 Å². The second-order valence-corrected chi connectivity index (χ2v) is 4.59. The van der Waals surface area contributed by atoms with Crippen molar-refractivity contribution in [3.8, 4) is 0 Å². The van der Waals surface area contributed by atoms with Crippen LogP contribution in [-0.4, -0.2) is 6.04 Å². The molecule has 0 aliphatic heterocycles. The van der Waals surface area contributed by atoms with Gasteiger partial charge < -0.3 is 5.73 Å². The van der Waals surface area contributed by atoms with Crippen molar-refractivity contribution in [1.29, 1.82) is 0 Å². The zero-order valence-electron chi connectivity index (χ0n) is 6.73. The van der Waals surface area contributed by atoms with E-state index in [4.69, 9.17) is 17.3 Å². The predicted octanol–water partition coefficient (Wildman–Crippen LogP) is 2.60. The molecule has 0 radical (unpaired) electrons. The Hall–Kier alpha value is -0.0500. The minimum absolute atomic E-state index is 0.226. The Morgan fingerprint density at radius 3 is 2.73 bits per heavy atom. The fourth-order valence-electron chi connectivity index (χ4n) is 0.941. The quantitative estimate of drug-likeness (QED) is 0.761. The van der Waals surface area contributed by atoms with E-state index in [2.05, 4.69) is 6.07 Å². The summed E-state index contributed by atoms with van der Waals surface area (Å²) < 4.78 is 0.889. The lowest BCUT2D eigenvalue weighted by Crippen LogP contribution is -2.16. The van der Waals surface area contributed by atoms with Gasteiger partial charge in [-0.15, -0.1) is 11.3 Å². The van der Waals surface area contributed by atoms with Crippen LogP contribution in [0.25, 0.3) is 0 Å². The molecule has 0 fully saturated rings. The highest BCUT2D eigenvalue weighted by atomic mass is 35.5. The maximum Gasteiger partial charge on any atom is 0.0960 e. The molecule has 0 aliphatic rings. The Morgan fingerprint density at radius 2 is 2.36 bits per heavy atom. The van der Waals surface area contributed by atoms with Crippen molar-refractivity contribution in [2.45, 2.75) is 26.3 Å². The first kappa shape index (κ1) is 9.04. The van der Waals surface area contributed by atoms with Crippen LogP contribution in [0.3, 0.4) is 0 Å². The van der Waals surface area contributed by atoms with E-state index in [1.807, 2.05) is 13.8 Å². The molecule has 3 heteroatoms. The number of thiophene rings is 1. The summed E-state index contributed by atoms with van der Waals surface area (Å²) in [4.78, 5) is 1.28. The third kappa shape index (κ3) is 2.47. The minimum Gasteiger partial charge on any atom is -0.328 e. The molecule has 2 N–H and O–H groups in total. The van der Waals surface area contributed by atoms with E-state index in [0.717, 1.165) is 16.3 Å². The first-order chi connectivity index (χ1) is 5.09. The second kappa shape index (κ2) is 3.57. The Balaban J connectivity index is 2.73. The van der Waals surface area contributed by atoms with Crippen LogP contribution in [0, 0.1) is 6.92 Å². The molecule has 62 valence electrons. The molecule has 1 heterocycles. The van der Waals surface area contributed by atoms with Crippen LogP contribution in [-0.2, 0) is 6.42 Å². The molecule has 1 rings (SSSR count). The molecule has 1 aromatic heterocycles. The number of hydrogen-bond acceptors (Lipinski definition) is 2. The van der Waals surface area contributed by atoms with E-state index >= 15 is 0 Å². The molecular formula is C8H12ClNS. The van der Waals surface area contributed by atoms with Gasteiger partial charge in [-0.25, -0.2) is 0 Å². The second-order valence-electron chi connectivity index (χ2n) is 2.85. The monoisotopic (exact) mass is 189 g/mol. The van der Waals surface area contributed by atoms with Crippen LogP contribution in [0.4, 0.5) is 0 Å². The van der Waals surface area contributed by atoms with Gasteiger partial charge in [-0.2, -0.15) is 0 Å². The molecule has 1 nitrogen and oxygen atoms in total. The summed E-state index contributed by atoms with van der Waals surface area (Å²) >= 11 is 7.52. The van der Waals surface area contributed by atoms with Gasteiger partial charge in [0.25, 0.3) is 0 Å². The van der Waals surface area contributed by atoms with Crippen LogP contribution in [0.5, 0.6) is 0 Å². The highest BCUT2D eigenvalue weighted by molar-refractivity contribution is 7.16. The van der Waals surface area contributed by atoms with Gasteiger partial charge in [0, 0.05) is 10.9 Å². The summed E-state index contributed by atoms with van der Waals surface area (Å²) in [5, 5.41) is 0. The lowest BCUT2D eigenvalue weighted by molar-refractivity contribution is 0.746. The van der Waals surface area contributed by atoms with Gasteiger partial charge in [0.2, 0.25) is 0 Å². The van der Waals surface area contributed by atoms with E-state index < -0.39 is 0 Å². The number of hydrogen-bond donors (Lipinski definition) is 1. The van der Waals surface area contributed by atoms with E-state index in [-0.39, 0.29) is 6.04 Å². The molecule has 1 atom stereocenters. The zero-order chi connectivity index (χ0) is 8.43. The van der Waals surface area contributed by atoms with Gasteiger partial charge in [0.15, 0.2) is 0 Å². The molecule has 0 unspecified atom stereocenters. The van der Waals surface area contributed by atoms with Gasteiger partial charge in [0.1, 0.15) is 0 Å². The normalized spacial score (nSPS) is 13.5. The lowest BCUT2D eigenvalue weighted by Gasteiger charge is -1.99. The van der Waals surface area contributed by atoms with Crippen LogP contribution < -0.4 is 5.73 Å². The van der Waals surface area contributed by atoms with Crippen molar-refractivity contribution < 1.29 is 0 Å². The maximum atomic E-state index is 5.89. The maximum absolute atomic E-state index is 5.89. The SMILES string of the molecule is Cc1cc(C[C@@H](C)N)sc1Cl. The Morgan fingerprint density at radius 1 is 1.73 bits per heavy atom. The fraction of sp³-hybridized carbons (Fsp3) is 0.500. The van der Waals surface area contributed by atoms with Crippen molar-refractivity contribution in [2.75, 3.05) is 0 Å². The molecule has 0 amide bonds. The van der Waals surface area contributed by atoms with Crippen LogP contribution in [0.2, 0.25) is 4.34 Å². The summed E-state index contributed by atoms with van der Waals surface area (Å²) in [6.07, 6.45) is 0.929.